The third-order valence-corrected chi connectivity index (χ3v) is 7.45. The van der Waals surface area contributed by atoms with Crippen molar-refractivity contribution < 1.29 is 9.53 Å². The molecule has 1 fully saturated rings. The molecular weight excluding hydrogens is 428 g/mol. The SMILES string of the molecule is CC[C@H]1CCc2[nH]nc(-c3nc4cc(N(C)C(=O)CN5CCOC(C)(C)C5)c(C)cc4[nH]3)c2C1. The summed E-state index contributed by atoms with van der Waals surface area (Å²) < 4.78 is 5.78. The van der Waals surface area contributed by atoms with E-state index in [4.69, 9.17) is 9.72 Å². The lowest BCUT2D eigenvalue weighted by atomic mass is 9.85. The van der Waals surface area contributed by atoms with Crippen LogP contribution in [0.2, 0.25) is 0 Å². The van der Waals surface area contributed by atoms with Crippen LogP contribution < -0.4 is 4.90 Å². The highest BCUT2D eigenvalue weighted by molar-refractivity contribution is 5.97. The van der Waals surface area contributed by atoms with Gasteiger partial charge in [0.2, 0.25) is 5.91 Å². The first kappa shape index (κ1) is 23.1. The Hall–Kier alpha value is -2.71. The summed E-state index contributed by atoms with van der Waals surface area (Å²) in [5.74, 6) is 1.58. The molecule has 1 atom stereocenters. The maximum atomic E-state index is 13.1. The fraction of sp³-hybridized carbons (Fsp3) is 0.577. The second-order valence-corrected chi connectivity index (χ2v) is 10.6. The van der Waals surface area contributed by atoms with Crippen LogP contribution in [0, 0.1) is 12.8 Å². The first-order chi connectivity index (χ1) is 16.2. The van der Waals surface area contributed by atoms with E-state index >= 15 is 0 Å². The van der Waals surface area contributed by atoms with Gasteiger partial charge in [-0.1, -0.05) is 13.3 Å². The Morgan fingerprint density at radius 3 is 2.94 bits per heavy atom. The van der Waals surface area contributed by atoms with Gasteiger partial charge in [-0.15, -0.1) is 0 Å². The maximum absolute atomic E-state index is 13.1. The van der Waals surface area contributed by atoms with Crippen molar-refractivity contribution >= 4 is 22.6 Å². The summed E-state index contributed by atoms with van der Waals surface area (Å²) in [5.41, 5.74) is 6.99. The van der Waals surface area contributed by atoms with Crippen LogP contribution in [0.25, 0.3) is 22.6 Å². The molecule has 0 unspecified atom stereocenters. The Bertz CT molecular complexity index is 1210. The van der Waals surface area contributed by atoms with Gasteiger partial charge in [-0.05, 0) is 63.6 Å². The highest BCUT2D eigenvalue weighted by Gasteiger charge is 2.29. The number of likely N-dealkylation sites (N-methyl/N-ethyl adjacent to an activating group) is 1. The van der Waals surface area contributed by atoms with Gasteiger partial charge in [0.25, 0.3) is 0 Å². The number of aromatic amines is 2. The van der Waals surface area contributed by atoms with Gasteiger partial charge in [-0.3, -0.25) is 14.8 Å². The van der Waals surface area contributed by atoms with Gasteiger partial charge in [0.05, 0.1) is 29.8 Å². The lowest BCUT2D eigenvalue weighted by Crippen LogP contribution is -2.51. The molecule has 0 spiro atoms. The third kappa shape index (κ3) is 4.36. The molecular formula is C26H36N6O2. The first-order valence-electron chi connectivity index (χ1n) is 12.4. The van der Waals surface area contributed by atoms with Crippen LogP contribution in [-0.2, 0) is 22.4 Å². The third-order valence-electron chi connectivity index (χ3n) is 7.45. The van der Waals surface area contributed by atoms with E-state index in [-0.39, 0.29) is 11.5 Å². The fourth-order valence-corrected chi connectivity index (χ4v) is 5.42. The molecule has 8 heteroatoms. The topological polar surface area (TPSA) is 90.1 Å². The molecule has 2 aliphatic rings. The van der Waals surface area contributed by atoms with Gasteiger partial charge in [0.15, 0.2) is 5.82 Å². The second-order valence-electron chi connectivity index (χ2n) is 10.6. The zero-order valence-electron chi connectivity index (χ0n) is 21.0. The second kappa shape index (κ2) is 8.82. The van der Waals surface area contributed by atoms with E-state index < -0.39 is 0 Å². The molecule has 8 nitrogen and oxygen atoms in total. The standard InChI is InChI=1S/C26H36N6O2/c1-6-17-7-8-19-18(12-17)24(30-29-19)25-27-20-11-16(2)22(13-21(20)28-25)31(5)23(33)14-32-9-10-34-26(3,4)15-32/h11,13,17H,6-10,12,14-15H2,1-5H3,(H,27,28)(H,29,30)/t17-/m0/s1. The predicted molar refractivity (Wildman–Crippen MR) is 134 cm³/mol. The van der Waals surface area contributed by atoms with E-state index in [0.717, 1.165) is 59.7 Å². The summed E-state index contributed by atoms with van der Waals surface area (Å²) in [7, 11) is 1.85. The number of morpholine rings is 1. The average Bonchev–Trinajstić information content (AvgIpc) is 3.40. The quantitative estimate of drug-likeness (QED) is 0.599. The number of fused-ring (bicyclic) bond motifs is 2. The molecule has 1 aliphatic heterocycles. The summed E-state index contributed by atoms with van der Waals surface area (Å²) in [6.45, 7) is 11.0. The normalized spacial score (nSPS) is 20.4. The Morgan fingerprint density at radius 2 is 2.18 bits per heavy atom. The number of carbonyl (C=O) groups is 1. The van der Waals surface area contributed by atoms with Crippen molar-refractivity contribution in [3.05, 3.63) is 29.0 Å². The Morgan fingerprint density at radius 1 is 1.35 bits per heavy atom. The minimum atomic E-state index is -0.222. The van der Waals surface area contributed by atoms with Crippen LogP contribution in [0.3, 0.4) is 0 Å². The minimum Gasteiger partial charge on any atom is -0.373 e. The van der Waals surface area contributed by atoms with E-state index in [2.05, 4.69) is 46.9 Å². The van der Waals surface area contributed by atoms with Gasteiger partial charge in [-0.2, -0.15) is 5.10 Å². The van der Waals surface area contributed by atoms with Crippen molar-refractivity contribution in [3.8, 4) is 11.5 Å². The van der Waals surface area contributed by atoms with E-state index in [0.29, 0.717) is 19.1 Å². The van der Waals surface area contributed by atoms with Crippen molar-refractivity contribution in [1.29, 1.82) is 0 Å². The van der Waals surface area contributed by atoms with Gasteiger partial charge in [-0.25, -0.2) is 4.98 Å². The molecule has 2 N–H and O–H groups in total. The summed E-state index contributed by atoms with van der Waals surface area (Å²) in [6.07, 6.45) is 4.51. The average molecular weight is 465 g/mol. The van der Waals surface area contributed by atoms with Crippen LogP contribution in [0.15, 0.2) is 12.1 Å². The lowest BCUT2D eigenvalue weighted by Gasteiger charge is -2.38. The summed E-state index contributed by atoms with van der Waals surface area (Å²) >= 11 is 0. The number of aromatic nitrogens is 4. The van der Waals surface area contributed by atoms with Crippen molar-refractivity contribution in [1.82, 2.24) is 25.1 Å². The molecule has 182 valence electrons. The number of imidazole rings is 1. The number of hydrogen-bond acceptors (Lipinski definition) is 5. The smallest absolute Gasteiger partial charge is 0.240 e. The van der Waals surface area contributed by atoms with Crippen LogP contribution in [0.4, 0.5) is 5.69 Å². The maximum Gasteiger partial charge on any atom is 0.240 e. The van der Waals surface area contributed by atoms with Crippen LogP contribution in [-0.4, -0.2) is 69.9 Å². The monoisotopic (exact) mass is 464 g/mol. The number of ether oxygens (including phenoxy) is 1. The lowest BCUT2D eigenvalue weighted by molar-refractivity contribution is -0.124. The molecule has 1 aromatic carbocycles. The molecule has 34 heavy (non-hydrogen) atoms. The summed E-state index contributed by atoms with van der Waals surface area (Å²) in [6, 6.07) is 4.09. The number of carbonyl (C=O) groups excluding carboxylic acids is 1. The molecule has 2 aromatic heterocycles. The molecule has 0 bridgehead atoms. The van der Waals surface area contributed by atoms with Crippen LogP contribution in [0.1, 0.15) is 50.4 Å². The Kier molecular flexibility index (Phi) is 5.98. The molecule has 5 rings (SSSR count). The molecule has 1 aliphatic carbocycles. The minimum absolute atomic E-state index is 0.0721. The predicted octanol–water partition coefficient (Wildman–Crippen LogP) is 3.85. The van der Waals surface area contributed by atoms with E-state index in [1.165, 1.54) is 24.1 Å². The summed E-state index contributed by atoms with van der Waals surface area (Å²) in [5, 5.41) is 7.86. The highest BCUT2D eigenvalue weighted by atomic mass is 16.5. The number of anilines is 1. The van der Waals surface area contributed by atoms with E-state index in [1.807, 2.05) is 20.0 Å². The van der Waals surface area contributed by atoms with Gasteiger partial charge >= 0.3 is 0 Å². The largest absolute Gasteiger partial charge is 0.373 e. The Balaban J connectivity index is 1.39. The number of aryl methyl sites for hydroxylation is 2. The number of nitrogens with zero attached hydrogens (tertiary/aromatic N) is 4. The first-order valence-corrected chi connectivity index (χ1v) is 12.4. The fourth-order valence-electron chi connectivity index (χ4n) is 5.42. The number of H-pyrrole nitrogens is 2. The molecule has 0 saturated carbocycles. The summed E-state index contributed by atoms with van der Waals surface area (Å²) in [4.78, 5) is 25.4. The van der Waals surface area contributed by atoms with E-state index in [1.54, 1.807) is 4.90 Å². The zero-order chi connectivity index (χ0) is 24.0. The number of amides is 1. The Labute approximate surface area is 201 Å². The van der Waals surface area contributed by atoms with Crippen LogP contribution in [0.5, 0.6) is 0 Å². The van der Waals surface area contributed by atoms with Gasteiger partial charge in [0, 0.05) is 37.1 Å². The molecule has 3 aromatic rings. The van der Waals surface area contributed by atoms with Crippen molar-refractivity contribution in [2.45, 2.75) is 59.0 Å². The van der Waals surface area contributed by atoms with Gasteiger partial charge in [0.1, 0.15) is 5.69 Å². The number of benzene rings is 1. The van der Waals surface area contributed by atoms with Crippen molar-refractivity contribution in [2.24, 2.45) is 5.92 Å². The number of hydrogen-bond donors (Lipinski definition) is 2. The van der Waals surface area contributed by atoms with Crippen LogP contribution >= 0.6 is 0 Å². The van der Waals surface area contributed by atoms with Crippen molar-refractivity contribution in [2.75, 3.05) is 38.2 Å². The molecule has 1 amide bonds. The zero-order valence-corrected chi connectivity index (χ0v) is 21.0. The highest BCUT2D eigenvalue weighted by Crippen LogP contribution is 2.34. The molecule has 0 radical (unpaired) electrons. The molecule has 1 saturated heterocycles. The molecule has 3 heterocycles. The van der Waals surface area contributed by atoms with E-state index in [9.17, 15) is 4.79 Å². The number of nitrogens with one attached hydrogen (secondary N) is 2. The van der Waals surface area contributed by atoms with Crippen molar-refractivity contribution in [3.63, 3.8) is 0 Å². The van der Waals surface area contributed by atoms with Gasteiger partial charge < -0.3 is 14.6 Å². The number of rotatable bonds is 5.